The lowest BCUT2D eigenvalue weighted by molar-refractivity contribution is -0.169. The third-order valence-corrected chi connectivity index (χ3v) is 4.38. The highest BCUT2D eigenvalue weighted by molar-refractivity contribution is 6.35. The maximum Gasteiger partial charge on any atom is 0.391 e. The summed E-state index contributed by atoms with van der Waals surface area (Å²) in [5.41, 5.74) is 0.967. The largest absolute Gasteiger partial charge is 0.496 e. The molecule has 0 radical (unpaired) electrons. The summed E-state index contributed by atoms with van der Waals surface area (Å²) in [5.74, 6) is -2.47. The van der Waals surface area contributed by atoms with Gasteiger partial charge >= 0.3 is 12.1 Å². The standard InChI is InChI=1S/C17H18ClF3N2O3/c1-4-23-15(13(18)14(22-23)16(24)25)11-6-5-10(8-12(11)26-3)7-9(2)17(19,20)21/h5-6,8-9H,4,7H2,1-3H3,(H,24,25)/t9-/m0/s1. The number of halogens is 4. The zero-order valence-corrected chi connectivity index (χ0v) is 15.1. The van der Waals surface area contributed by atoms with Crippen molar-refractivity contribution in [3.05, 3.63) is 34.5 Å². The Bertz CT molecular complexity index is 818. The number of nitrogens with zero attached hydrogens (tertiary/aromatic N) is 2. The monoisotopic (exact) mass is 390 g/mol. The second kappa shape index (κ2) is 7.57. The molecule has 0 aliphatic rings. The van der Waals surface area contributed by atoms with Gasteiger partial charge in [-0.1, -0.05) is 24.6 Å². The van der Waals surface area contributed by atoms with Crippen molar-refractivity contribution in [2.45, 2.75) is 33.0 Å². The second-order valence-corrected chi connectivity index (χ2v) is 6.19. The number of rotatable bonds is 6. The summed E-state index contributed by atoms with van der Waals surface area (Å²) in [4.78, 5) is 11.3. The summed E-state index contributed by atoms with van der Waals surface area (Å²) in [5, 5.41) is 13.1. The minimum Gasteiger partial charge on any atom is -0.496 e. The van der Waals surface area contributed by atoms with E-state index >= 15 is 0 Å². The average molecular weight is 391 g/mol. The van der Waals surface area contributed by atoms with Gasteiger partial charge in [0.25, 0.3) is 0 Å². The number of hydrogen-bond donors (Lipinski definition) is 1. The van der Waals surface area contributed by atoms with E-state index in [1.54, 1.807) is 19.1 Å². The molecule has 5 nitrogen and oxygen atoms in total. The highest BCUT2D eigenvalue weighted by Gasteiger charge is 2.35. The van der Waals surface area contributed by atoms with E-state index in [0.717, 1.165) is 6.92 Å². The van der Waals surface area contributed by atoms with Crippen molar-refractivity contribution in [2.24, 2.45) is 5.92 Å². The van der Waals surface area contributed by atoms with Crippen LogP contribution < -0.4 is 4.74 Å². The molecule has 1 atom stereocenters. The smallest absolute Gasteiger partial charge is 0.391 e. The fraction of sp³-hybridized carbons (Fsp3) is 0.412. The van der Waals surface area contributed by atoms with E-state index in [1.165, 1.54) is 17.9 Å². The summed E-state index contributed by atoms with van der Waals surface area (Å²) >= 11 is 6.18. The van der Waals surface area contributed by atoms with Crippen molar-refractivity contribution >= 4 is 17.6 Å². The molecule has 0 saturated carbocycles. The van der Waals surface area contributed by atoms with Crippen molar-refractivity contribution in [1.29, 1.82) is 0 Å². The molecule has 9 heteroatoms. The molecule has 0 spiro atoms. The van der Waals surface area contributed by atoms with Crippen LogP contribution in [-0.2, 0) is 13.0 Å². The number of hydrogen-bond acceptors (Lipinski definition) is 3. The SMILES string of the molecule is CCn1nc(C(=O)O)c(Cl)c1-c1ccc(C[C@H](C)C(F)(F)F)cc1OC. The summed E-state index contributed by atoms with van der Waals surface area (Å²) in [6, 6.07) is 4.61. The minimum absolute atomic E-state index is 0.0472. The van der Waals surface area contributed by atoms with Gasteiger partial charge in [0, 0.05) is 12.1 Å². The van der Waals surface area contributed by atoms with E-state index < -0.39 is 18.1 Å². The molecule has 0 saturated heterocycles. The van der Waals surface area contributed by atoms with Gasteiger partial charge in [-0.05, 0) is 31.0 Å². The first-order chi connectivity index (χ1) is 12.1. The van der Waals surface area contributed by atoms with Crippen molar-refractivity contribution in [3.63, 3.8) is 0 Å². The van der Waals surface area contributed by atoms with Gasteiger partial charge in [-0.15, -0.1) is 0 Å². The number of ether oxygens (including phenoxy) is 1. The maximum atomic E-state index is 12.8. The predicted octanol–water partition coefficient (Wildman–Crippen LogP) is 4.67. The molecule has 0 fully saturated rings. The van der Waals surface area contributed by atoms with Crippen LogP contribution in [0.4, 0.5) is 13.2 Å². The molecule has 0 unspecified atom stereocenters. The van der Waals surface area contributed by atoms with Gasteiger partial charge in [-0.2, -0.15) is 18.3 Å². The Morgan fingerprint density at radius 1 is 1.42 bits per heavy atom. The molecule has 1 heterocycles. The first-order valence-corrected chi connectivity index (χ1v) is 8.21. The topological polar surface area (TPSA) is 64.4 Å². The van der Waals surface area contributed by atoms with Gasteiger partial charge in [0.2, 0.25) is 0 Å². The van der Waals surface area contributed by atoms with E-state index in [0.29, 0.717) is 29.1 Å². The molecule has 0 aliphatic carbocycles. The van der Waals surface area contributed by atoms with Gasteiger partial charge in [0.1, 0.15) is 10.8 Å². The van der Waals surface area contributed by atoms with Gasteiger partial charge < -0.3 is 9.84 Å². The van der Waals surface area contributed by atoms with Crippen molar-refractivity contribution in [1.82, 2.24) is 9.78 Å². The van der Waals surface area contributed by atoms with E-state index in [4.69, 9.17) is 16.3 Å². The Morgan fingerprint density at radius 2 is 2.08 bits per heavy atom. The molecule has 2 aromatic rings. The normalized spacial score (nSPS) is 12.9. The Balaban J connectivity index is 2.50. The number of aryl methyl sites for hydroxylation is 1. The van der Waals surface area contributed by atoms with Crippen LogP contribution in [0.3, 0.4) is 0 Å². The minimum atomic E-state index is -4.29. The van der Waals surface area contributed by atoms with Gasteiger partial charge in [0.15, 0.2) is 5.69 Å². The van der Waals surface area contributed by atoms with E-state index in [1.807, 2.05) is 0 Å². The number of methoxy groups -OCH3 is 1. The number of carbonyl (C=O) groups is 1. The summed E-state index contributed by atoms with van der Waals surface area (Å²) < 4.78 is 45.0. The van der Waals surface area contributed by atoms with Crippen molar-refractivity contribution < 1.29 is 27.8 Å². The lowest BCUT2D eigenvalue weighted by atomic mass is 9.98. The van der Waals surface area contributed by atoms with Crippen LogP contribution in [0.25, 0.3) is 11.3 Å². The highest BCUT2D eigenvalue weighted by Crippen LogP contribution is 2.38. The predicted molar refractivity (Wildman–Crippen MR) is 90.8 cm³/mol. The fourth-order valence-corrected chi connectivity index (χ4v) is 2.91. The number of benzene rings is 1. The van der Waals surface area contributed by atoms with Crippen LogP contribution in [0, 0.1) is 5.92 Å². The lowest BCUT2D eigenvalue weighted by Crippen LogP contribution is -2.21. The van der Waals surface area contributed by atoms with Crippen LogP contribution in [0.2, 0.25) is 5.02 Å². The lowest BCUT2D eigenvalue weighted by Gasteiger charge is -2.17. The van der Waals surface area contributed by atoms with Gasteiger partial charge in [-0.25, -0.2) is 4.79 Å². The van der Waals surface area contributed by atoms with Crippen LogP contribution in [0.5, 0.6) is 5.75 Å². The highest BCUT2D eigenvalue weighted by atomic mass is 35.5. The second-order valence-electron chi connectivity index (χ2n) is 5.81. The van der Waals surface area contributed by atoms with E-state index in [-0.39, 0.29) is 17.1 Å². The van der Waals surface area contributed by atoms with E-state index in [9.17, 15) is 23.1 Å². The van der Waals surface area contributed by atoms with Crippen LogP contribution >= 0.6 is 11.6 Å². The quantitative estimate of drug-likeness (QED) is 0.778. The van der Waals surface area contributed by atoms with Crippen molar-refractivity contribution in [2.75, 3.05) is 7.11 Å². The first-order valence-electron chi connectivity index (χ1n) is 7.83. The zero-order valence-electron chi connectivity index (χ0n) is 14.4. The molecule has 0 amide bonds. The number of aromatic carboxylic acids is 1. The van der Waals surface area contributed by atoms with Gasteiger partial charge in [0.05, 0.1) is 18.7 Å². The molecule has 1 N–H and O–H groups in total. The molecule has 142 valence electrons. The summed E-state index contributed by atoms with van der Waals surface area (Å²) in [6.07, 6.45) is -4.48. The molecule has 26 heavy (non-hydrogen) atoms. The fourth-order valence-electron chi connectivity index (χ4n) is 2.59. The number of alkyl halides is 3. The Hall–Kier alpha value is -2.22. The number of carboxylic acids is 1. The molecular weight excluding hydrogens is 373 g/mol. The molecule has 2 rings (SSSR count). The first kappa shape index (κ1) is 20.1. The number of aromatic nitrogens is 2. The number of carboxylic acid groups (broad SMARTS) is 1. The average Bonchev–Trinajstić information content (AvgIpc) is 2.90. The Labute approximate surface area is 153 Å². The Morgan fingerprint density at radius 3 is 2.58 bits per heavy atom. The van der Waals surface area contributed by atoms with E-state index in [2.05, 4.69) is 5.10 Å². The molecule has 0 bridgehead atoms. The van der Waals surface area contributed by atoms with Crippen LogP contribution in [0.15, 0.2) is 18.2 Å². The van der Waals surface area contributed by atoms with Crippen LogP contribution in [0.1, 0.15) is 29.9 Å². The van der Waals surface area contributed by atoms with Crippen LogP contribution in [-0.4, -0.2) is 34.1 Å². The van der Waals surface area contributed by atoms with Gasteiger partial charge in [-0.3, -0.25) is 4.68 Å². The molecule has 1 aromatic carbocycles. The molecule has 0 aliphatic heterocycles. The molecular formula is C17H18ClF3N2O3. The maximum absolute atomic E-state index is 12.8. The Kier molecular flexibility index (Phi) is 5.85. The molecule has 1 aromatic heterocycles. The third-order valence-electron chi connectivity index (χ3n) is 4.02. The third kappa shape index (κ3) is 3.95. The summed E-state index contributed by atoms with van der Waals surface area (Å²) in [7, 11) is 1.38. The zero-order chi connectivity index (χ0) is 19.6. The van der Waals surface area contributed by atoms with Crippen molar-refractivity contribution in [3.8, 4) is 17.0 Å². The summed E-state index contributed by atoms with van der Waals surface area (Å²) in [6.45, 7) is 3.24.